The van der Waals surface area contributed by atoms with Crippen molar-refractivity contribution in [3.8, 4) is 5.88 Å². The van der Waals surface area contributed by atoms with Crippen LogP contribution in [-0.2, 0) is 0 Å². The lowest BCUT2D eigenvalue weighted by Gasteiger charge is -1.93. The molecule has 1 aromatic heterocycles. The Morgan fingerprint density at radius 3 is 3.00 bits per heavy atom. The summed E-state index contributed by atoms with van der Waals surface area (Å²) in [6.45, 7) is 0. The number of hydrogen-bond acceptors (Lipinski definition) is 5. The van der Waals surface area contributed by atoms with E-state index in [1.165, 1.54) is 6.20 Å². The molecule has 0 radical (unpaired) electrons. The van der Waals surface area contributed by atoms with Crippen LogP contribution in [0.15, 0.2) is 6.20 Å². The molecule has 0 saturated carbocycles. The Morgan fingerprint density at radius 2 is 2.44 bits per heavy atom. The van der Waals surface area contributed by atoms with Gasteiger partial charge < -0.3 is 4.74 Å². The maximum atomic E-state index is 5.20. The number of aromatic nitrogens is 4. The minimum absolute atomic E-state index is 0.0420. The molecule has 0 N–H and O–H groups in total. The SMILES string of the molecule is ClCOc1cnnnn1. The standard InChI is InChI=1S/C3H3ClN4O/c4-2-9-3-1-5-7-8-6-3/h1H,2H2. The minimum Gasteiger partial charge on any atom is -0.459 e. The molecule has 0 aromatic carbocycles. The number of ether oxygens (including phenoxy) is 1. The molecule has 0 fully saturated rings. The summed E-state index contributed by atoms with van der Waals surface area (Å²) in [4.78, 5) is 0. The number of halogens is 1. The Bertz CT molecular complexity index is 169. The van der Waals surface area contributed by atoms with Crippen LogP contribution in [0.2, 0.25) is 0 Å². The molecule has 0 saturated heterocycles. The summed E-state index contributed by atoms with van der Waals surface area (Å²) in [5, 5.41) is 13.2. The summed E-state index contributed by atoms with van der Waals surface area (Å²) < 4.78 is 4.70. The number of hydrogen-bond donors (Lipinski definition) is 0. The molecular weight excluding hydrogens is 144 g/mol. The van der Waals surface area contributed by atoms with Gasteiger partial charge in [-0.1, -0.05) is 16.7 Å². The summed E-state index contributed by atoms with van der Waals surface area (Å²) >= 11 is 5.20. The van der Waals surface area contributed by atoms with Gasteiger partial charge in [0.2, 0.25) is 0 Å². The second-order valence-electron chi connectivity index (χ2n) is 1.12. The first-order valence-electron chi connectivity index (χ1n) is 2.13. The molecule has 48 valence electrons. The van der Waals surface area contributed by atoms with Crippen molar-refractivity contribution in [2.45, 2.75) is 0 Å². The van der Waals surface area contributed by atoms with E-state index in [0.717, 1.165) is 0 Å². The topological polar surface area (TPSA) is 60.8 Å². The fourth-order valence-electron chi connectivity index (χ4n) is 0.310. The predicted octanol–water partition coefficient (Wildman–Crippen LogP) is -0.158. The molecular formula is C3H3ClN4O. The maximum Gasteiger partial charge on any atom is 0.257 e. The van der Waals surface area contributed by atoms with Gasteiger partial charge in [-0.15, -0.1) is 5.10 Å². The molecule has 6 heteroatoms. The average molecular weight is 147 g/mol. The fourth-order valence-corrected chi connectivity index (χ4v) is 0.422. The lowest BCUT2D eigenvalue weighted by atomic mass is 10.8. The zero-order valence-corrected chi connectivity index (χ0v) is 5.12. The molecule has 1 heterocycles. The second-order valence-corrected chi connectivity index (χ2v) is 1.33. The highest BCUT2D eigenvalue weighted by atomic mass is 35.5. The van der Waals surface area contributed by atoms with Gasteiger partial charge in [-0.25, -0.2) is 0 Å². The highest BCUT2D eigenvalue weighted by Gasteiger charge is 1.90. The summed E-state index contributed by atoms with van der Waals surface area (Å²) in [5.41, 5.74) is 0. The van der Waals surface area contributed by atoms with E-state index in [9.17, 15) is 0 Å². The van der Waals surface area contributed by atoms with E-state index in [2.05, 4.69) is 20.6 Å². The van der Waals surface area contributed by atoms with E-state index in [-0.39, 0.29) is 11.9 Å². The van der Waals surface area contributed by atoms with Crippen molar-refractivity contribution in [3.63, 3.8) is 0 Å². The van der Waals surface area contributed by atoms with Crippen molar-refractivity contribution in [2.75, 3.05) is 6.07 Å². The Labute approximate surface area is 56.0 Å². The lowest BCUT2D eigenvalue weighted by Crippen LogP contribution is -1.96. The summed E-state index contributed by atoms with van der Waals surface area (Å²) in [5.74, 6) is 0.278. The van der Waals surface area contributed by atoms with Crippen molar-refractivity contribution in [1.29, 1.82) is 0 Å². The van der Waals surface area contributed by atoms with Gasteiger partial charge in [0.15, 0.2) is 6.07 Å². The molecule has 9 heavy (non-hydrogen) atoms. The van der Waals surface area contributed by atoms with Gasteiger partial charge in [-0.2, -0.15) is 0 Å². The van der Waals surface area contributed by atoms with Crippen molar-refractivity contribution in [1.82, 2.24) is 20.6 Å². The van der Waals surface area contributed by atoms with Crippen LogP contribution in [0.3, 0.4) is 0 Å². The second kappa shape index (κ2) is 3.13. The molecule has 5 nitrogen and oxygen atoms in total. The fraction of sp³-hybridized carbons (Fsp3) is 0.333. The average Bonchev–Trinajstić information content (AvgIpc) is 1.91. The molecule has 0 aliphatic rings. The molecule has 0 aliphatic carbocycles. The first-order chi connectivity index (χ1) is 4.43. The maximum absolute atomic E-state index is 5.20. The quantitative estimate of drug-likeness (QED) is 0.543. The van der Waals surface area contributed by atoms with Gasteiger partial charge >= 0.3 is 0 Å². The Balaban J connectivity index is 2.61. The van der Waals surface area contributed by atoms with Crippen LogP contribution in [0.5, 0.6) is 5.88 Å². The van der Waals surface area contributed by atoms with Crippen molar-refractivity contribution in [3.05, 3.63) is 6.20 Å². The van der Waals surface area contributed by atoms with E-state index in [0.29, 0.717) is 0 Å². The molecule has 1 rings (SSSR count). The number of rotatable bonds is 2. The molecule has 0 aliphatic heterocycles. The molecule has 0 atom stereocenters. The van der Waals surface area contributed by atoms with E-state index < -0.39 is 0 Å². The van der Waals surface area contributed by atoms with Crippen molar-refractivity contribution in [2.24, 2.45) is 0 Å². The molecule has 0 bridgehead atoms. The van der Waals surface area contributed by atoms with Gasteiger partial charge in [0.05, 0.1) is 0 Å². The van der Waals surface area contributed by atoms with Gasteiger partial charge in [-0.05, 0) is 10.4 Å². The molecule has 0 spiro atoms. The van der Waals surface area contributed by atoms with Crippen LogP contribution >= 0.6 is 11.6 Å². The highest BCUT2D eigenvalue weighted by molar-refractivity contribution is 6.17. The van der Waals surface area contributed by atoms with Crippen LogP contribution in [0, 0.1) is 0 Å². The van der Waals surface area contributed by atoms with E-state index >= 15 is 0 Å². The number of alkyl halides is 1. The first kappa shape index (κ1) is 6.15. The van der Waals surface area contributed by atoms with Crippen molar-refractivity contribution < 1.29 is 4.74 Å². The van der Waals surface area contributed by atoms with Gasteiger partial charge in [0.1, 0.15) is 6.20 Å². The van der Waals surface area contributed by atoms with Crippen LogP contribution < -0.4 is 4.74 Å². The van der Waals surface area contributed by atoms with Gasteiger partial charge in [0.25, 0.3) is 5.88 Å². The van der Waals surface area contributed by atoms with Gasteiger partial charge in [-0.3, -0.25) is 0 Å². The van der Waals surface area contributed by atoms with Crippen molar-refractivity contribution >= 4 is 11.6 Å². The zero-order chi connectivity index (χ0) is 6.53. The number of nitrogens with zero attached hydrogens (tertiary/aromatic N) is 4. The van der Waals surface area contributed by atoms with E-state index in [4.69, 9.17) is 16.3 Å². The van der Waals surface area contributed by atoms with Crippen LogP contribution in [0.25, 0.3) is 0 Å². The summed E-state index contributed by atoms with van der Waals surface area (Å²) in [6.07, 6.45) is 1.33. The summed E-state index contributed by atoms with van der Waals surface area (Å²) in [6, 6.07) is 0.0420. The molecule has 0 unspecified atom stereocenters. The normalized spacial score (nSPS) is 9.00. The Morgan fingerprint density at radius 1 is 1.56 bits per heavy atom. The third-order valence-corrected chi connectivity index (χ3v) is 0.715. The smallest absolute Gasteiger partial charge is 0.257 e. The largest absolute Gasteiger partial charge is 0.459 e. The minimum atomic E-state index is 0.0420. The highest BCUT2D eigenvalue weighted by Crippen LogP contribution is 1.97. The third-order valence-electron chi connectivity index (χ3n) is 0.606. The molecule has 0 amide bonds. The van der Waals surface area contributed by atoms with E-state index in [1.54, 1.807) is 0 Å². The van der Waals surface area contributed by atoms with Crippen LogP contribution in [0.4, 0.5) is 0 Å². The summed E-state index contributed by atoms with van der Waals surface area (Å²) in [7, 11) is 0. The lowest BCUT2D eigenvalue weighted by molar-refractivity contribution is 0.359. The zero-order valence-electron chi connectivity index (χ0n) is 4.36. The van der Waals surface area contributed by atoms with Gasteiger partial charge in [0, 0.05) is 0 Å². The predicted molar refractivity (Wildman–Crippen MR) is 29.0 cm³/mol. The molecule has 1 aromatic rings. The van der Waals surface area contributed by atoms with E-state index in [1.807, 2.05) is 0 Å². The van der Waals surface area contributed by atoms with Crippen LogP contribution in [-0.4, -0.2) is 26.7 Å². The monoisotopic (exact) mass is 146 g/mol. The first-order valence-corrected chi connectivity index (χ1v) is 2.67. The Hall–Kier alpha value is -0.970. The van der Waals surface area contributed by atoms with Crippen LogP contribution in [0.1, 0.15) is 0 Å². The Kier molecular flexibility index (Phi) is 2.14. The third kappa shape index (κ3) is 1.77.